The fourth-order valence-corrected chi connectivity index (χ4v) is 4.81. The number of aliphatic hydroxyl groups is 1. The third kappa shape index (κ3) is 9.96. The second-order valence-electron chi connectivity index (χ2n) is 8.99. The molecule has 1 amide bonds. The van der Waals surface area contributed by atoms with Crippen molar-refractivity contribution in [3.05, 3.63) is 83.5 Å². The van der Waals surface area contributed by atoms with E-state index in [4.69, 9.17) is 9.84 Å². The molecule has 208 valence electrons. The highest BCUT2D eigenvalue weighted by Crippen LogP contribution is 2.31. The summed E-state index contributed by atoms with van der Waals surface area (Å²) in [5.74, 6) is 0.805. The second-order valence-corrected chi connectivity index (χ2v) is 9.90. The number of anilines is 1. The van der Waals surface area contributed by atoms with E-state index in [0.29, 0.717) is 26.2 Å². The number of pyridine rings is 1. The summed E-state index contributed by atoms with van der Waals surface area (Å²) in [4.78, 5) is 15.6. The van der Waals surface area contributed by atoms with Crippen molar-refractivity contribution in [3.63, 3.8) is 0 Å². The van der Waals surface area contributed by atoms with Gasteiger partial charge in [-0.15, -0.1) is 11.3 Å². The van der Waals surface area contributed by atoms with E-state index in [2.05, 4.69) is 57.3 Å². The summed E-state index contributed by atoms with van der Waals surface area (Å²) in [5.41, 5.74) is 6.14. The minimum atomic E-state index is -0.0131. The van der Waals surface area contributed by atoms with Crippen LogP contribution < -0.4 is 26.0 Å². The van der Waals surface area contributed by atoms with Crippen molar-refractivity contribution in [1.82, 2.24) is 20.9 Å². The van der Waals surface area contributed by atoms with Crippen molar-refractivity contribution in [1.29, 1.82) is 0 Å². The van der Waals surface area contributed by atoms with Crippen LogP contribution in [0.2, 0.25) is 0 Å². The van der Waals surface area contributed by atoms with Gasteiger partial charge < -0.3 is 31.1 Å². The molecule has 2 heterocycles. The number of hydrogen-bond acceptors (Lipinski definition) is 8. The van der Waals surface area contributed by atoms with E-state index in [1.807, 2.05) is 36.7 Å². The van der Waals surface area contributed by atoms with Crippen LogP contribution in [0.5, 0.6) is 5.75 Å². The maximum Gasteiger partial charge on any atom is 0.216 e. The molecule has 0 aliphatic carbocycles. The Balaban J connectivity index is 1.58. The van der Waals surface area contributed by atoms with Gasteiger partial charge in [-0.05, 0) is 60.4 Å². The van der Waals surface area contributed by atoms with Crippen LogP contribution in [-0.2, 0) is 11.3 Å². The molecule has 8 nitrogen and oxygen atoms in total. The van der Waals surface area contributed by atoms with Crippen molar-refractivity contribution >= 4 is 38.7 Å². The molecule has 0 aliphatic heterocycles. The molecule has 0 unspecified atom stereocenters. The molecular weight excluding hydrogens is 510 g/mol. The molecule has 0 bridgehead atoms. The molecular formula is C30H39N5O3S. The molecule has 0 radical (unpaired) electrons. The van der Waals surface area contributed by atoms with Gasteiger partial charge in [0.2, 0.25) is 5.91 Å². The highest BCUT2D eigenvalue weighted by atomic mass is 32.1. The number of ether oxygens (including phenoxy) is 1. The number of carbonyl (C=O) groups excluding carboxylic acids is 1. The molecule has 0 saturated heterocycles. The Bertz CT molecular complexity index is 1280. The number of allylic oxidation sites excluding steroid dienone is 4. The van der Waals surface area contributed by atoms with Crippen molar-refractivity contribution in [2.45, 2.75) is 26.8 Å². The van der Waals surface area contributed by atoms with Gasteiger partial charge in [0, 0.05) is 50.9 Å². The summed E-state index contributed by atoms with van der Waals surface area (Å²) in [7, 11) is 0. The Morgan fingerprint density at radius 1 is 1.15 bits per heavy atom. The van der Waals surface area contributed by atoms with Crippen LogP contribution in [0.3, 0.4) is 0 Å². The number of nitrogens with one attached hydrogen (secondary N) is 4. The number of thiophene rings is 1. The Hall–Kier alpha value is -3.50. The molecule has 0 spiro atoms. The molecule has 0 aliphatic rings. The fourth-order valence-electron chi connectivity index (χ4n) is 3.90. The number of rotatable bonds is 17. The van der Waals surface area contributed by atoms with Crippen LogP contribution in [0.1, 0.15) is 31.4 Å². The molecule has 9 heteroatoms. The molecule has 0 saturated carbocycles. The van der Waals surface area contributed by atoms with Crippen LogP contribution in [-0.4, -0.2) is 55.4 Å². The predicted octanol–water partition coefficient (Wildman–Crippen LogP) is 4.46. The molecule has 5 N–H and O–H groups in total. The number of aliphatic hydroxyl groups excluding tert-OH is 1. The van der Waals surface area contributed by atoms with Crippen LogP contribution in [0, 0.1) is 0 Å². The van der Waals surface area contributed by atoms with Gasteiger partial charge in [0.15, 0.2) is 0 Å². The van der Waals surface area contributed by atoms with E-state index in [-0.39, 0.29) is 12.5 Å². The molecule has 0 atom stereocenters. The van der Waals surface area contributed by atoms with Gasteiger partial charge in [0.05, 0.1) is 23.6 Å². The van der Waals surface area contributed by atoms with Gasteiger partial charge in [0.25, 0.3) is 0 Å². The number of amides is 1. The van der Waals surface area contributed by atoms with Gasteiger partial charge >= 0.3 is 0 Å². The molecule has 0 fully saturated rings. The summed E-state index contributed by atoms with van der Waals surface area (Å²) in [6, 6.07) is 10.2. The average molecular weight is 550 g/mol. The monoisotopic (exact) mass is 549 g/mol. The maximum atomic E-state index is 10.9. The van der Waals surface area contributed by atoms with Crippen LogP contribution in [0.15, 0.2) is 72.4 Å². The standard InChI is InChI=1S/C30H39N5O3S/c1-4-7-27(25-8-5-9-26(17-25)38-15-6-10-31-11-12-33-23(3)37)22(2)18-34-28-21-39-29-16-24(19-32-13-14-36)20-35-30(28)29/h4-5,7-9,16-18,20-21,31-32,34,36H,1,6,10-15,19H2,2-3H3,(H,33,37)/b22-18+,27-7+. The average Bonchev–Trinajstić information content (AvgIpc) is 3.34. The number of fused-ring (bicyclic) bond motifs is 1. The summed E-state index contributed by atoms with van der Waals surface area (Å²) in [6.07, 6.45) is 8.53. The first kappa shape index (κ1) is 30.0. The van der Waals surface area contributed by atoms with Gasteiger partial charge in [0.1, 0.15) is 11.3 Å². The van der Waals surface area contributed by atoms with Crippen LogP contribution in [0.25, 0.3) is 15.8 Å². The van der Waals surface area contributed by atoms with E-state index in [9.17, 15) is 4.79 Å². The highest BCUT2D eigenvalue weighted by molar-refractivity contribution is 7.17. The summed E-state index contributed by atoms with van der Waals surface area (Å²) >= 11 is 1.65. The zero-order valence-corrected chi connectivity index (χ0v) is 23.6. The Kier molecular flexibility index (Phi) is 12.7. The molecule has 3 rings (SSSR count). The van der Waals surface area contributed by atoms with E-state index in [0.717, 1.165) is 63.4 Å². The van der Waals surface area contributed by atoms with Crippen molar-refractivity contribution < 1.29 is 14.6 Å². The van der Waals surface area contributed by atoms with Gasteiger partial charge in [-0.1, -0.05) is 30.9 Å². The lowest BCUT2D eigenvalue weighted by atomic mass is 9.99. The smallest absolute Gasteiger partial charge is 0.216 e. The first-order valence-corrected chi connectivity index (χ1v) is 14.0. The van der Waals surface area contributed by atoms with E-state index < -0.39 is 0 Å². The van der Waals surface area contributed by atoms with Gasteiger partial charge in [-0.25, -0.2) is 0 Å². The first-order valence-electron chi connectivity index (χ1n) is 13.1. The number of carbonyl (C=O) groups is 1. The maximum absolute atomic E-state index is 10.9. The fraction of sp³-hybridized carbons (Fsp3) is 0.333. The van der Waals surface area contributed by atoms with Crippen molar-refractivity contribution in [2.24, 2.45) is 0 Å². The summed E-state index contributed by atoms with van der Waals surface area (Å²) in [6.45, 7) is 11.6. The molecule has 1 aromatic carbocycles. The van der Waals surface area contributed by atoms with Gasteiger partial charge in [-0.3, -0.25) is 9.78 Å². The number of hydrogen-bond donors (Lipinski definition) is 5. The SMILES string of the molecule is C=C/C=C(\C(C)=C\Nc1csc2cc(CNCCO)cnc12)c1cccc(OCCCNCCNC(C)=O)c1. The summed E-state index contributed by atoms with van der Waals surface area (Å²) < 4.78 is 7.10. The lowest BCUT2D eigenvalue weighted by molar-refractivity contribution is -0.118. The Morgan fingerprint density at radius 3 is 2.82 bits per heavy atom. The predicted molar refractivity (Wildman–Crippen MR) is 162 cm³/mol. The third-order valence-electron chi connectivity index (χ3n) is 5.83. The molecule has 3 aromatic rings. The minimum absolute atomic E-state index is 0.0131. The second kappa shape index (κ2) is 16.5. The first-order chi connectivity index (χ1) is 19.0. The number of aromatic nitrogens is 1. The van der Waals surface area contributed by atoms with E-state index >= 15 is 0 Å². The third-order valence-corrected chi connectivity index (χ3v) is 6.75. The normalized spacial score (nSPS) is 12.0. The Morgan fingerprint density at radius 2 is 2.03 bits per heavy atom. The van der Waals surface area contributed by atoms with E-state index in [1.54, 1.807) is 17.4 Å². The highest BCUT2D eigenvalue weighted by Gasteiger charge is 2.09. The quantitative estimate of drug-likeness (QED) is 0.125. The summed E-state index contributed by atoms with van der Waals surface area (Å²) in [5, 5.41) is 23.7. The zero-order valence-electron chi connectivity index (χ0n) is 22.8. The molecule has 39 heavy (non-hydrogen) atoms. The lowest BCUT2D eigenvalue weighted by Crippen LogP contribution is -2.31. The topological polar surface area (TPSA) is 108 Å². The largest absolute Gasteiger partial charge is 0.494 e. The zero-order chi connectivity index (χ0) is 27.9. The Labute approximate surface area is 234 Å². The van der Waals surface area contributed by atoms with Crippen molar-refractivity contribution in [2.75, 3.05) is 44.7 Å². The minimum Gasteiger partial charge on any atom is -0.494 e. The molecule has 2 aromatic heterocycles. The number of benzene rings is 1. The number of nitrogens with zero attached hydrogens (tertiary/aromatic N) is 1. The van der Waals surface area contributed by atoms with Crippen LogP contribution in [0.4, 0.5) is 5.69 Å². The van der Waals surface area contributed by atoms with Crippen molar-refractivity contribution in [3.8, 4) is 5.75 Å². The lowest BCUT2D eigenvalue weighted by Gasteiger charge is -2.12. The van der Waals surface area contributed by atoms with Gasteiger partial charge in [-0.2, -0.15) is 0 Å². The van der Waals surface area contributed by atoms with E-state index in [1.165, 1.54) is 6.92 Å². The van der Waals surface area contributed by atoms with Crippen LogP contribution >= 0.6 is 11.3 Å².